The van der Waals surface area contributed by atoms with Crippen LogP contribution in [0.4, 0.5) is 17.1 Å². The number of aliphatic imine (C=N–C) groups is 1. The van der Waals surface area contributed by atoms with Crippen LogP contribution >= 0.6 is 0 Å². The van der Waals surface area contributed by atoms with Crippen molar-refractivity contribution in [3.8, 4) is 0 Å². The maximum Gasteiger partial charge on any atom is 0.232 e. The molecule has 6 nitrogen and oxygen atoms in total. The van der Waals surface area contributed by atoms with E-state index in [0.717, 1.165) is 36.2 Å². The van der Waals surface area contributed by atoms with Crippen molar-refractivity contribution in [1.29, 1.82) is 0 Å². The largest absolute Gasteiger partial charge is 0.399 e. The van der Waals surface area contributed by atoms with Gasteiger partial charge in [-0.3, -0.25) is 14.6 Å². The fraction of sp³-hybridized carbons (Fsp3) is 0.387. The third-order valence-corrected chi connectivity index (χ3v) is 7.48. The van der Waals surface area contributed by atoms with E-state index >= 15 is 0 Å². The molecule has 2 aliphatic rings. The molecule has 2 aromatic rings. The van der Waals surface area contributed by atoms with Gasteiger partial charge < -0.3 is 15.5 Å². The summed E-state index contributed by atoms with van der Waals surface area (Å²) in [4.78, 5) is 34.3. The minimum Gasteiger partial charge on any atom is -0.399 e. The third kappa shape index (κ3) is 6.01. The Morgan fingerprint density at radius 3 is 2.78 bits per heavy atom. The van der Waals surface area contributed by atoms with Crippen molar-refractivity contribution in [2.45, 2.75) is 52.4 Å². The zero-order chi connectivity index (χ0) is 26.5. The molecule has 1 saturated heterocycles. The Balaban J connectivity index is 1.43. The molecule has 6 heteroatoms. The average molecular weight is 499 g/mol. The van der Waals surface area contributed by atoms with Crippen LogP contribution in [0.1, 0.15) is 57.1 Å². The number of hydrogen-bond donors (Lipinski definition) is 1. The molecule has 0 saturated carbocycles. The molecule has 2 N–H and O–H groups in total. The van der Waals surface area contributed by atoms with Crippen molar-refractivity contribution >= 4 is 35.1 Å². The minimum atomic E-state index is -0.358. The summed E-state index contributed by atoms with van der Waals surface area (Å²) in [5.41, 5.74) is 11.8. The Hall–Kier alpha value is -3.67. The van der Waals surface area contributed by atoms with Gasteiger partial charge in [-0.15, -0.1) is 0 Å². The minimum absolute atomic E-state index is 0.0224. The second-order valence-electron chi connectivity index (χ2n) is 10.3. The van der Waals surface area contributed by atoms with E-state index in [4.69, 9.17) is 5.73 Å². The number of benzene rings is 2. The van der Waals surface area contributed by atoms with Crippen molar-refractivity contribution in [1.82, 2.24) is 0 Å². The summed E-state index contributed by atoms with van der Waals surface area (Å²) in [6.07, 6.45) is 8.82. The summed E-state index contributed by atoms with van der Waals surface area (Å²) in [7, 11) is 0. The van der Waals surface area contributed by atoms with Crippen molar-refractivity contribution in [3.05, 3.63) is 78.0 Å². The number of anilines is 3. The third-order valence-electron chi connectivity index (χ3n) is 7.48. The topological polar surface area (TPSA) is 79.0 Å². The first-order chi connectivity index (χ1) is 17.8. The molecule has 0 aromatic heterocycles. The normalized spacial score (nSPS) is 20.5. The summed E-state index contributed by atoms with van der Waals surface area (Å²) < 4.78 is 0. The van der Waals surface area contributed by atoms with Gasteiger partial charge in [-0.1, -0.05) is 51.6 Å². The highest BCUT2D eigenvalue weighted by Crippen LogP contribution is 2.39. The number of rotatable bonds is 9. The first kappa shape index (κ1) is 26.4. The molecule has 0 radical (unpaired) electrons. The zero-order valence-corrected chi connectivity index (χ0v) is 22.2. The van der Waals surface area contributed by atoms with E-state index < -0.39 is 0 Å². The fourth-order valence-electron chi connectivity index (χ4n) is 5.01. The maximum atomic E-state index is 13.5. The van der Waals surface area contributed by atoms with E-state index in [1.54, 1.807) is 17.0 Å². The molecule has 194 valence electrons. The first-order valence-corrected chi connectivity index (χ1v) is 13.3. The van der Waals surface area contributed by atoms with Gasteiger partial charge in [0, 0.05) is 54.9 Å². The number of allylic oxidation sites excluding steroid dienone is 2. The molecule has 2 aromatic carbocycles. The van der Waals surface area contributed by atoms with Gasteiger partial charge in [-0.25, -0.2) is 0 Å². The Morgan fingerprint density at radius 1 is 1.24 bits per heavy atom. The van der Waals surface area contributed by atoms with Crippen LogP contribution in [0.5, 0.6) is 0 Å². The van der Waals surface area contributed by atoms with Crippen LogP contribution < -0.4 is 15.5 Å². The lowest BCUT2D eigenvalue weighted by atomic mass is 9.98. The average Bonchev–Trinajstić information content (AvgIpc) is 3.45. The number of hydrogen-bond acceptors (Lipinski definition) is 4. The second-order valence-corrected chi connectivity index (χ2v) is 10.3. The van der Waals surface area contributed by atoms with E-state index in [1.807, 2.05) is 35.5 Å². The van der Waals surface area contributed by atoms with Crippen molar-refractivity contribution < 1.29 is 9.59 Å². The number of carbonyl (C=O) groups excluding carboxylic acids is 2. The van der Waals surface area contributed by atoms with Crippen LogP contribution in [0.15, 0.2) is 71.9 Å². The standard InChI is InChI=1S/C31H38N4O2/c1-5-21(3)17-33-18-23(6-2)10-11-24-12-13-29-28(14-24)22(4)19-35(29)31(37)25-15-30(36)34(20-25)27-9-7-8-26(32)16-27/h6-9,12-14,16-18,21-22,25H,2,5,10-11,15,19-20,32H2,1,3-4H3/b23-18+,33-17?. The molecule has 3 unspecified atom stereocenters. The molecule has 1 fully saturated rings. The van der Waals surface area contributed by atoms with Gasteiger partial charge >= 0.3 is 0 Å². The van der Waals surface area contributed by atoms with Crippen molar-refractivity contribution in [3.63, 3.8) is 0 Å². The molecule has 0 bridgehead atoms. The summed E-state index contributed by atoms with van der Waals surface area (Å²) in [6.45, 7) is 11.4. The van der Waals surface area contributed by atoms with Gasteiger partial charge in [0.2, 0.25) is 11.8 Å². The van der Waals surface area contributed by atoms with Crippen LogP contribution in [0, 0.1) is 11.8 Å². The van der Waals surface area contributed by atoms with Crippen LogP contribution in [0.3, 0.4) is 0 Å². The molecule has 0 spiro atoms. The SMILES string of the molecule is C=C/C(=C\N=CC(C)CC)CCc1ccc2c(c1)C(C)CN2C(=O)C1CC(=O)N(c2cccc(N)c2)C1. The first-order valence-electron chi connectivity index (χ1n) is 13.3. The number of nitrogen functional groups attached to an aromatic ring is 1. The van der Waals surface area contributed by atoms with E-state index in [-0.39, 0.29) is 30.1 Å². The zero-order valence-electron chi connectivity index (χ0n) is 22.2. The highest BCUT2D eigenvalue weighted by Gasteiger charge is 2.40. The molecule has 4 rings (SSSR count). The van der Waals surface area contributed by atoms with Gasteiger partial charge in [0.25, 0.3) is 0 Å². The molecule has 2 aliphatic heterocycles. The summed E-state index contributed by atoms with van der Waals surface area (Å²) in [5.74, 6) is 0.341. The number of nitrogens with two attached hydrogens (primary N) is 1. The Morgan fingerprint density at radius 2 is 2.05 bits per heavy atom. The van der Waals surface area contributed by atoms with E-state index in [0.29, 0.717) is 24.7 Å². The number of amides is 2. The van der Waals surface area contributed by atoms with Crippen LogP contribution in [0.2, 0.25) is 0 Å². The lowest BCUT2D eigenvalue weighted by Crippen LogP contribution is -2.36. The summed E-state index contributed by atoms with van der Waals surface area (Å²) >= 11 is 0. The second kappa shape index (κ2) is 11.6. The molecule has 2 amide bonds. The number of nitrogens with zero attached hydrogens (tertiary/aromatic N) is 3. The summed E-state index contributed by atoms with van der Waals surface area (Å²) in [5, 5.41) is 0. The van der Waals surface area contributed by atoms with Crippen LogP contribution in [-0.4, -0.2) is 31.1 Å². The fourth-order valence-corrected chi connectivity index (χ4v) is 5.01. The Bertz CT molecular complexity index is 1230. The monoisotopic (exact) mass is 498 g/mol. The molecule has 0 aliphatic carbocycles. The quantitative estimate of drug-likeness (QED) is 0.266. The summed E-state index contributed by atoms with van der Waals surface area (Å²) in [6, 6.07) is 13.7. The van der Waals surface area contributed by atoms with Crippen LogP contribution in [-0.2, 0) is 16.0 Å². The number of fused-ring (bicyclic) bond motifs is 1. The van der Waals surface area contributed by atoms with E-state index in [9.17, 15) is 9.59 Å². The molecule has 3 atom stereocenters. The molecular formula is C31H38N4O2. The van der Waals surface area contributed by atoms with E-state index in [2.05, 4.69) is 50.5 Å². The number of aryl methyl sites for hydroxylation is 1. The predicted molar refractivity (Wildman–Crippen MR) is 153 cm³/mol. The highest BCUT2D eigenvalue weighted by atomic mass is 16.2. The van der Waals surface area contributed by atoms with Crippen molar-refractivity contribution in [2.75, 3.05) is 28.6 Å². The smallest absolute Gasteiger partial charge is 0.232 e. The van der Waals surface area contributed by atoms with Gasteiger partial charge in [0.15, 0.2) is 0 Å². The highest BCUT2D eigenvalue weighted by molar-refractivity contribution is 6.05. The number of carbonyl (C=O) groups is 2. The maximum absolute atomic E-state index is 13.5. The van der Waals surface area contributed by atoms with E-state index in [1.165, 1.54) is 11.1 Å². The predicted octanol–water partition coefficient (Wildman–Crippen LogP) is 5.89. The van der Waals surface area contributed by atoms with Gasteiger partial charge in [0.1, 0.15) is 0 Å². The van der Waals surface area contributed by atoms with Crippen LogP contribution in [0.25, 0.3) is 0 Å². The van der Waals surface area contributed by atoms with Gasteiger partial charge in [-0.2, -0.15) is 0 Å². The Labute approximate surface area is 220 Å². The molecule has 37 heavy (non-hydrogen) atoms. The van der Waals surface area contributed by atoms with Gasteiger partial charge in [0.05, 0.1) is 5.92 Å². The lowest BCUT2D eigenvalue weighted by Gasteiger charge is -2.22. The lowest BCUT2D eigenvalue weighted by molar-refractivity contribution is -0.124. The van der Waals surface area contributed by atoms with Gasteiger partial charge in [-0.05, 0) is 66.1 Å². The van der Waals surface area contributed by atoms with Crippen molar-refractivity contribution in [2.24, 2.45) is 16.8 Å². The molecular weight excluding hydrogens is 460 g/mol. The Kier molecular flexibility index (Phi) is 8.27. The molecule has 2 heterocycles.